The van der Waals surface area contributed by atoms with Gasteiger partial charge in [0, 0.05) is 75.8 Å². The molecule has 0 fully saturated rings. The van der Waals surface area contributed by atoms with E-state index >= 15 is 19.2 Å². The maximum atomic E-state index is 15.7. The number of Topliss-reactive ketones (excluding diaryl/α,β-unsaturated/α-hetero) is 12. The number of hydrazine groups is 3. The lowest BCUT2D eigenvalue weighted by Gasteiger charge is -2.33. The molecule has 0 aliphatic carbocycles. The lowest BCUT2D eigenvalue weighted by atomic mass is 9.85. The number of hydrogen-bond donors (Lipinski definition) is 23. The van der Waals surface area contributed by atoms with Gasteiger partial charge in [0.05, 0.1) is 104 Å². The number of phenols is 1. The van der Waals surface area contributed by atoms with Gasteiger partial charge < -0.3 is 84.9 Å². The molecule has 0 saturated heterocycles. The summed E-state index contributed by atoms with van der Waals surface area (Å²) in [7, 11) is 0. The molecule has 148 heavy (non-hydrogen) atoms. The smallest absolute Gasteiger partial charge is 0.303 e. The molecule has 0 spiro atoms. The SMILES string of the molecule is CC(=O)N[C@@H](CC(C)C)C(=O)N[C@H](C(=O)C(=O)[C@H](Cc1ccccc1)NN[C@]1(C)CCCCCC/C=C/CCC[C@@](C)(C(=O)CN[C@@H](C)C(=O)CCN[C@@H](C)C(=O)CCN[C@@H](C)C(=O)CCN[C@@H](C)C(=O)CN[C@H](C)C(=O)N[C@H](C)C(N)=O)NC(=O)[C@H](CC(C)C)NN[C@@H](CCC(N)=O)C(=O)CN[C@@H](C)C(=O)CC(=O)[C@H](Cc2c[nH]c3ccccc23)NN[C@@H](Cc2ccc(O)cc2)C(=O)N[C@@H](CCC(=O)O)C(=O)C1=O)[C@@H](C)O. The van der Waals surface area contributed by atoms with E-state index in [0.29, 0.717) is 66.1 Å². The van der Waals surface area contributed by atoms with Crippen LogP contribution in [0.5, 0.6) is 5.75 Å². The van der Waals surface area contributed by atoms with Crippen LogP contribution in [-0.4, -0.2) is 284 Å². The highest BCUT2D eigenvalue weighted by molar-refractivity contribution is 6.43. The summed E-state index contributed by atoms with van der Waals surface area (Å²) < 4.78 is 0. The fourth-order valence-electron chi connectivity index (χ4n) is 16.4. The zero-order chi connectivity index (χ0) is 110. The van der Waals surface area contributed by atoms with Crippen LogP contribution in [0, 0.1) is 11.8 Å². The molecule has 25 N–H and O–H groups in total. The predicted molar refractivity (Wildman–Crippen MR) is 555 cm³/mol. The van der Waals surface area contributed by atoms with Gasteiger partial charge in [0.2, 0.25) is 64.5 Å². The zero-order valence-corrected chi connectivity index (χ0v) is 88.1. The molecule has 43 heteroatoms. The van der Waals surface area contributed by atoms with E-state index in [0.717, 1.165) is 0 Å². The van der Waals surface area contributed by atoms with Crippen LogP contribution in [0.4, 0.5) is 0 Å². The summed E-state index contributed by atoms with van der Waals surface area (Å²) in [6.07, 6.45) is 3.32. The number of hydrogen-bond acceptors (Lipinski definition) is 34. The molecule has 4 aromatic rings. The largest absolute Gasteiger partial charge is 0.508 e. The van der Waals surface area contributed by atoms with E-state index in [1.165, 1.54) is 65.8 Å². The van der Waals surface area contributed by atoms with Gasteiger partial charge in [-0.15, -0.1) is 0 Å². The molecule has 0 unspecified atom stereocenters. The number of rotatable bonds is 52. The lowest BCUT2D eigenvalue weighted by Crippen LogP contribution is -2.65. The summed E-state index contributed by atoms with van der Waals surface area (Å²) in [5.41, 5.74) is 26.8. The molecule has 43 nitrogen and oxygen atoms in total. The van der Waals surface area contributed by atoms with Gasteiger partial charge >= 0.3 is 5.97 Å². The number of aliphatic carboxylic acids is 1. The number of allylic oxidation sites excluding steroid dienone is 2. The number of aliphatic hydroxyl groups is 1. The number of aromatic hydroxyl groups is 1. The van der Waals surface area contributed by atoms with Gasteiger partial charge in [0.15, 0.2) is 46.3 Å². The van der Waals surface area contributed by atoms with Gasteiger partial charge in [0.1, 0.15) is 36.0 Å². The number of nitrogens with two attached hydrogens (primary N) is 2. The number of carboxylic acid groups (broad SMARTS) is 1. The fraction of sp³-hybridized carbons (Fsp3) is 0.600. The van der Waals surface area contributed by atoms with Crippen molar-refractivity contribution < 1.29 is 111 Å². The number of carboxylic acids is 1. The van der Waals surface area contributed by atoms with E-state index in [1.807, 2.05) is 26.0 Å². The van der Waals surface area contributed by atoms with Crippen LogP contribution in [0.25, 0.3) is 10.9 Å². The summed E-state index contributed by atoms with van der Waals surface area (Å²) in [6, 6.07) is 3.34. The van der Waals surface area contributed by atoms with E-state index in [1.54, 1.807) is 109 Å². The summed E-state index contributed by atoms with van der Waals surface area (Å²) in [4.78, 5) is 281. The minimum atomic E-state index is -2.09. The number of phenolic OH excluding ortho intramolecular Hbond substituents is 1. The Bertz CT molecular complexity index is 5170. The van der Waals surface area contributed by atoms with Crippen molar-refractivity contribution in [1.29, 1.82) is 0 Å². The number of fused-ring (bicyclic) bond motifs is 1. The van der Waals surface area contributed by atoms with Gasteiger partial charge in [-0.25, -0.2) is 32.6 Å². The van der Waals surface area contributed by atoms with Crippen LogP contribution in [0.15, 0.2) is 97.2 Å². The van der Waals surface area contributed by atoms with Crippen LogP contribution >= 0.6 is 0 Å². The summed E-state index contributed by atoms with van der Waals surface area (Å²) >= 11 is 0. The average molecular weight is 2070 g/mol. The van der Waals surface area contributed by atoms with Gasteiger partial charge in [-0.05, 0) is 199 Å². The third-order valence-corrected chi connectivity index (χ3v) is 26.1. The first-order valence-electron chi connectivity index (χ1n) is 51.2. The highest BCUT2D eigenvalue weighted by Crippen LogP contribution is 2.25. The number of aliphatic hydroxyl groups excluding tert-OH is 1. The number of ketones is 12. The Kier molecular flexibility index (Phi) is 55.1. The molecule has 18 atom stereocenters. The van der Waals surface area contributed by atoms with E-state index in [9.17, 15) is 92.0 Å². The second kappa shape index (κ2) is 64.4. The number of primary amides is 2. The Labute approximate surface area is 865 Å². The van der Waals surface area contributed by atoms with Gasteiger partial charge in [-0.2, -0.15) is 0 Å². The second-order valence-electron chi connectivity index (χ2n) is 39.9. The number of carbonyl (C=O) groups is 20. The molecule has 3 aromatic carbocycles. The molecule has 1 aliphatic rings. The van der Waals surface area contributed by atoms with Crippen molar-refractivity contribution in [2.24, 2.45) is 23.3 Å². The lowest BCUT2D eigenvalue weighted by molar-refractivity contribution is -0.144. The van der Waals surface area contributed by atoms with Crippen LogP contribution in [-0.2, 0) is 115 Å². The monoisotopic (exact) mass is 2070 g/mol. The number of H-pyrrole nitrogens is 1. The molecule has 7 amide bonds. The summed E-state index contributed by atoms with van der Waals surface area (Å²) in [6.45, 7) is 22.7. The van der Waals surface area contributed by atoms with Gasteiger partial charge in [-0.1, -0.05) is 120 Å². The Hall–Kier alpha value is -12.0. The number of aromatic nitrogens is 1. The molecule has 1 aromatic heterocycles. The topological polar surface area (TPSA) is 674 Å². The zero-order valence-electron chi connectivity index (χ0n) is 88.1. The molecule has 1 aliphatic heterocycles. The Morgan fingerprint density at radius 2 is 1.07 bits per heavy atom. The van der Waals surface area contributed by atoms with Crippen molar-refractivity contribution in [3.8, 4) is 5.75 Å². The van der Waals surface area contributed by atoms with Crippen LogP contribution in [0.2, 0.25) is 0 Å². The van der Waals surface area contributed by atoms with Crippen LogP contribution < -0.4 is 103 Å². The van der Waals surface area contributed by atoms with E-state index in [2.05, 4.69) is 96.0 Å². The number of nitrogens with one attached hydrogen (secondary N) is 18. The molecule has 0 bridgehead atoms. The predicted octanol–water partition coefficient (Wildman–Crippen LogP) is 1.07. The molecule has 818 valence electrons. The number of aromatic amines is 1. The molecule has 2 heterocycles. The highest BCUT2D eigenvalue weighted by atomic mass is 16.4. The normalized spacial score (nSPS) is 21.8. The quantitative estimate of drug-likeness (QED) is 0.0127. The highest BCUT2D eigenvalue weighted by Gasteiger charge is 2.45. The molecule has 0 radical (unpaired) electrons. The van der Waals surface area contributed by atoms with E-state index in [4.69, 9.17) is 11.5 Å². The summed E-state index contributed by atoms with van der Waals surface area (Å²) in [5, 5.41) is 63.4. The van der Waals surface area contributed by atoms with Crippen molar-refractivity contribution in [3.63, 3.8) is 0 Å². The van der Waals surface area contributed by atoms with Crippen LogP contribution in [0.3, 0.4) is 0 Å². The molecule has 5 rings (SSSR count). The van der Waals surface area contributed by atoms with Crippen molar-refractivity contribution >= 4 is 128 Å². The number of para-hydroxylation sites is 1. The molecule has 0 saturated carbocycles. The average Bonchev–Trinajstić information content (AvgIpc) is 1.32. The van der Waals surface area contributed by atoms with Gasteiger partial charge in [0.25, 0.3) is 0 Å². The Balaban J connectivity index is 1.47. The number of benzene rings is 3. The first-order chi connectivity index (χ1) is 69.8. The number of carbonyl (C=O) groups excluding carboxylic acids is 19. The maximum absolute atomic E-state index is 15.7. The van der Waals surface area contributed by atoms with Crippen molar-refractivity contribution in [2.45, 2.75) is 353 Å². The van der Waals surface area contributed by atoms with Crippen molar-refractivity contribution in [1.82, 2.24) is 96.0 Å². The fourth-order valence-corrected chi connectivity index (χ4v) is 16.4. The summed E-state index contributed by atoms with van der Waals surface area (Å²) in [5.74, 6) is -15.6. The van der Waals surface area contributed by atoms with Crippen LogP contribution in [0.1, 0.15) is 243 Å². The van der Waals surface area contributed by atoms with Crippen molar-refractivity contribution in [2.75, 3.05) is 39.3 Å². The van der Waals surface area contributed by atoms with E-state index in [-0.39, 0.29) is 150 Å². The van der Waals surface area contributed by atoms with Gasteiger partial charge in [-0.3, -0.25) is 101 Å². The third kappa shape index (κ3) is 44.8. The third-order valence-electron chi connectivity index (χ3n) is 26.1. The first kappa shape index (κ1) is 126. The van der Waals surface area contributed by atoms with Crippen molar-refractivity contribution in [3.05, 3.63) is 114 Å². The first-order valence-corrected chi connectivity index (χ1v) is 51.2. The standard InChI is InChI=1S/C105H160N20O23/c1-60(2)50-81(116-70(13)127)101(146)118-94(69(12)126)97(142)95(140)80(52-71-30-24-23-25-31-71)124-125-105(15)46-29-22-20-18-16-17-19-21-28-45-104(14,91(136)59-113-64(7)86(131)44-48-109-62(5)84(129)42-47-108-63(6)85(130)43-49-110-66(9)89(134)57-112-68(11)100(145)115-67(10)99(107)144)119-103(148)82(51-61(3)4)122-120-77(38-40-92(106)137)90(135)58-111-65(8)87(132)55-88(133)79(54-73-56-114-76-33-27-26-32-75(73)76)121-123-83(53-72-34-36-74(128)37-35-72)102(147)117-78(39-41-93(138)139)96(141)98(105)143/h17,19,23-27,30-37,56,60-69,77-83,94,108-114,120-126,128H,16,18,20-22,28-29,38-55,57-59H2,1-15H3,(H2,106,137)(H2,107,144)(H,115,145)(H,116,127)(H,117,147)(H,118,146)(H,119,148)(H,138,139)/b19-17+/t62-,63-,64-,65-,66-,67+,68+,69+,77-,78-,79-,80-,81-,82-,83-,94-,104-,105+/m0/s1. The minimum Gasteiger partial charge on any atom is -0.508 e. The molecular weight excluding hydrogens is 1910 g/mol. The second-order valence-corrected chi connectivity index (χ2v) is 39.9. The Morgan fingerprint density at radius 1 is 0.514 bits per heavy atom. The maximum Gasteiger partial charge on any atom is 0.303 e. The molecular formula is C105H160N20O23. The van der Waals surface area contributed by atoms with E-state index < -0.39 is 234 Å². The number of amides is 7. The Morgan fingerprint density at radius 3 is 1.66 bits per heavy atom. The minimum absolute atomic E-state index is 0.0371.